The molecule has 4 atom stereocenters. The fourth-order valence-corrected chi connectivity index (χ4v) is 4.31. The summed E-state index contributed by atoms with van der Waals surface area (Å²) in [6.45, 7) is 10.2. The van der Waals surface area contributed by atoms with E-state index in [4.69, 9.17) is 0 Å². The van der Waals surface area contributed by atoms with Gasteiger partial charge in [0.2, 0.25) is 5.91 Å². The summed E-state index contributed by atoms with van der Waals surface area (Å²) in [5.41, 5.74) is 1.26. The molecule has 1 saturated heterocycles. The minimum absolute atomic E-state index is 0.0824. The fraction of sp³-hybridized carbons (Fsp3) is 0.667. The smallest absolute Gasteiger partial charge is 0.239 e. The van der Waals surface area contributed by atoms with E-state index in [1.165, 1.54) is 24.9 Å². The van der Waals surface area contributed by atoms with Crippen molar-refractivity contribution in [2.45, 2.75) is 52.1 Å². The fourth-order valence-electron chi connectivity index (χ4n) is 4.31. The Hall–Kier alpha value is -1.55. The Bertz CT molecular complexity index is 554. The van der Waals surface area contributed by atoms with Crippen LogP contribution in [0.15, 0.2) is 30.3 Å². The van der Waals surface area contributed by atoms with E-state index in [-0.39, 0.29) is 11.9 Å². The molecule has 1 aromatic rings. The van der Waals surface area contributed by atoms with Crippen LogP contribution in [0.25, 0.3) is 0 Å². The SMILES string of the molecule is CC(NC1CCCC(C)C1C)C(=O)N1CCN(c2ccccc2)CC1. The highest BCUT2D eigenvalue weighted by Gasteiger charge is 2.31. The summed E-state index contributed by atoms with van der Waals surface area (Å²) in [5.74, 6) is 1.67. The van der Waals surface area contributed by atoms with Crippen LogP contribution in [0.1, 0.15) is 40.0 Å². The van der Waals surface area contributed by atoms with E-state index in [0.29, 0.717) is 12.0 Å². The summed E-state index contributed by atoms with van der Waals surface area (Å²) in [5, 5.41) is 3.63. The van der Waals surface area contributed by atoms with E-state index in [0.717, 1.165) is 32.1 Å². The zero-order valence-electron chi connectivity index (χ0n) is 15.9. The molecular formula is C21H33N3O. The van der Waals surface area contributed by atoms with Crippen LogP contribution in [0.2, 0.25) is 0 Å². The van der Waals surface area contributed by atoms with Crippen LogP contribution in [0.3, 0.4) is 0 Å². The van der Waals surface area contributed by atoms with Gasteiger partial charge in [0.15, 0.2) is 0 Å². The molecule has 1 heterocycles. The first-order valence-electron chi connectivity index (χ1n) is 9.91. The average Bonchev–Trinajstić information content (AvgIpc) is 2.65. The number of para-hydroxylation sites is 1. The normalized spacial score (nSPS) is 28.7. The lowest BCUT2D eigenvalue weighted by Crippen LogP contribution is -2.56. The average molecular weight is 344 g/mol. The van der Waals surface area contributed by atoms with Gasteiger partial charge in [0.25, 0.3) is 0 Å². The zero-order valence-corrected chi connectivity index (χ0v) is 15.9. The largest absolute Gasteiger partial charge is 0.368 e. The molecule has 4 nitrogen and oxygen atoms in total. The minimum atomic E-state index is -0.0824. The molecule has 0 aromatic heterocycles. The van der Waals surface area contributed by atoms with Crippen LogP contribution >= 0.6 is 0 Å². The molecule has 1 aliphatic heterocycles. The van der Waals surface area contributed by atoms with Crippen molar-refractivity contribution in [2.24, 2.45) is 11.8 Å². The van der Waals surface area contributed by atoms with Crippen LogP contribution in [0, 0.1) is 11.8 Å². The summed E-state index contributed by atoms with van der Waals surface area (Å²) in [6, 6.07) is 10.9. The minimum Gasteiger partial charge on any atom is -0.368 e. The molecule has 0 bridgehead atoms. The van der Waals surface area contributed by atoms with E-state index >= 15 is 0 Å². The van der Waals surface area contributed by atoms with Crippen LogP contribution < -0.4 is 10.2 Å². The van der Waals surface area contributed by atoms with Crippen molar-refractivity contribution in [1.29, 1.82) is 0 Å². The topological polar surface area (TPSA) is 35.6 Å². The number of piperazine rings is 1. The Morgan fingerprint density at radius 2 is 1.76 bits per heavy atom. The van der Waals surface area contributed by atoms with Gasteiger partial charge >= 0.3 is 0 Å². The highest BCUT2D eigenvalue weighted by atomic mass is 16.2. The molecule has 1 saturated carbocycles. The second-order valence-electron chi connectivity index (χ2n) is 7.91. The molecule has 1 aliphatic carbocycles. The highest BCUT2D eigenvalue weighted by molar-refractivity contribution is 5.81. The predicted octanol–water partition coefficient (Wildman–Crippen LogP) is 3.14. The maximum absolute atomic E-state index is 12.8. The van der Waals surface area contributed by atoms with Crippen molar-refractivity contribution in [3.63, 3.8) is 0 Å². The molecule has 1 amide bonds. The first-order valence-corrected chi connectivity index (χ1v) is 9.91. The van der Waals surface area contributed by atoms with E-state index < -0.39 is 0 Å². The van der Waals surface area contributed by atoms with Crippen molar-refractivity contribution in [3.8, 4) is 0 Å². The molecule has 138 valence electrons. The number of anilines is 1. The first kappa shape index (κ1) is 18.2. The summed E-state index contributed by atoms with van der Waals surface area (Å²) in [6.07, 6.45) is 3.80. The molecule has 1 aromatic carbocycles. The van der Waals surface area contributed by atoms with E-state index in [1.807, 2.05) is 17.9 Å². The van der Waals surface area contributed by atoms with E-state index in [1.54, 1.807) is 0 Å². The van der Waals surface area contributed by atoms with Gasteiger partial charge in [0.1, 0.15) is 0 Å². The third-order valence-electron chi connectivity index (χ3n) is 6.25. The number of nitrogens with one attached hydrogen (secondary N) is 1. The number of carbonyl (C=O) groups is 1. The van der Waals surface area contributed by atoms with Gasteiger partial charge < -0.3 is 15.1 Å². The maximum Gasteiger partial charge on any atom is 0.239 e. The molecule has 3 rings (SSSR count). The van der Waals surface area contributed by atoms with Gasteiger partial charge in [-0.15, -0.1) is 0 Å². The van der Waals surface area contributed by atoms with E-state index in [2.05, 4.69) is 48.3 Å². The molecule has 2 fully saturated rings. The lowest BCUT2D eigenvalue weighted by atomic mass is 9.78. The second-order valence-corrected chi connectivity index (χ2v) is 7.91. The third-order valence-corrected chi connectivity index (χ3v) is 6.25. The number of hydrogen-bond donors (Lipinski definition) is 1. The monoisotopic (exact) mass is 343 g/mol. The number of rotatable bonds is 4. The summed E-state index contributed by atoms with van der Waals surface area (Å²) >= 11 is 0. The lowest BCUT2D eigenvalue weighted by molar-refractivity contribution is -0.133. The van der Waals surface area contributed by atoms with Gasteiger partial charge in [-0.3, -0.25) is 4.79 Å². The third kappa shape index (κ3) is 4.35. The van der Waals surface area contributed by atoms with Gasteiger partial charge in [0.05, 0.1) is 6.04 Å². The van der Waals surface area contributed by atoms with Crippen LogP contribution in [-0.2, 0) is 4.79 Å². The lowest BCUT2D eigenvalue weighted by Gasteiger charge is -2.39. The van der Waals surface area contributed by atoms with Gasteiger partial charge in [-0.05, 0) is 37.3 Å². The number of nitrogens with zero attached hydrogens (tertiary/aromatic N) is 2. The standard InChI is InChI=1S/C21H33N3O/c1-16-8-7-11-20(17(16)2)22-18(3)21(25)24-14-12-23(13-15-24)19-9-5-4-6-10-19/h4-6,9-10,16-18,20,22H,7-8,11-15H2,1-3H3. The van der Waals surface area contributed by atoms with Crippen LogP contribution in [0.5, 0.6) is 0 Å². The van der Waals surface area contributed by atoms with Crippen molar-refractivity contribution < 1.29 is 4.79 Å². The molecular weight excluding hydrogens is 310 g/mol. The molecule has 25 heavy (non-hydrogen) atoms. The maximum atomic E-state index is 12.8. The first-order chi connectivity index (χ1) is 12.1. The van der Waals surface area contributed by atoms with Crippen molar-refractivity contribution >= 4 is 11.6 Å². The number of benzene rings is 1. The van der Waals surface area contributed by atoms with Gasteiger partial charge in [-0.2, -0.15) is 0 Å². The van der Waals surface area contributed by atoms with Crippen molar-refractivity contribution in [1.82, 2.24) is 10.2 Å². The molecule has 2 aliphatic rings. The number of hydrogen-bond acceptors (Lipinski definition) is 3. The van der Waals surface area contributed by atoms with Gasteiger partial charge in [-0.1, -0.05) is 44.9 Å². The summed E-state index contributed by atoms with van der Waals surface area (Å²) in [7, 11) is 0. The number of carbonyl (C=O) groups excluding carboxylic acids is 1. The van der Waals surface area contributed by atoms with Crippen LogP contribution in [-0.4, -0.2) is 49.1 Å². The Morgan fingerprint density at radius 3 is 2.44 bits per heavy atom. The van der Waals surface area contributed by atoms with Crippen molar-refractivity contribution in [3.05, 3.63) is 30.3 Å². The molecule has 4 unspecified atom stereocenters. The van der Waals surface area contributed by atoms with Crippen molar-refractivity contribution in [2.75, 3.05) is 31.1 Å². The molecule has 0 radical (unpaired) electrons. The quantitative estimate of drug-likeness (QED) is 0.912. The predicted molar refractivity (Wildman–Crippen MR) is 104 cm³/mol. The molecule has 0 spiro atoms. The highest BCUT2D eigenvalue weighted by Crippen LogP contribution is 2.29. The van der Waals surface area contributed by atoms with E-state index in [9.17, 15) is 4.79 Å². The van der Waals surface area contributed by atoms with Crippen LogP contribution in [0.4, 0.5) is 5.69 Å². The Labute approximate surface area is 152 Å². The van der Waals surface area contributed by atoms with Gasteiger partial charge in [-0.25, -0.2) is 0 Å². The Balaban J connectivity index is 1.50. The molecule has 1 N–H and O–H groups in total. The van der Waals surface area contributed by atoms with Gasteiger partial charge in [0, 0.05) is 37.9 Å². The number of amides is 1. The summed E-state index contributed by atoms with van der Waals surface area (Å²) in [4.78, 5) is 17.3. The second kappa shape index (κ2) is 8.22. The Morgan fingerprint density at radius 1 is 1.08 bits per heavy atom. The Kier molecular flexibility index (Phi) is 6.00. The molecule has 4 heteroatoms. The summed E-state index contributed by atoms with van der Waals surface area (Å²) < 4.78 is 0. The zero-order chi connectivity index (χ0) is 17.8.